The normalized spacial score (nSPS) is 12.1. The molecule has 1 heterocycles. The van der Waals surface area contributed by atoms with E-state index in [-0.39, 0.29) is 4.68 Å². The van der Waals surface area contributed by atoms with Crippen molar-refractivity contribution in [2.24, 2.45) is 0 Å². The van der Waals surface area contributed by atoms with Gasteiger partial charge in [0.1, 0.15) is 16.5 Å². The maximum absolute atomic E-state index is 13.7. The van der Waals surface area contributed by atoms with Gasteiger partial charge < -0.3 is 0 Å². The van der Waals surface area contributed by atoms with Crippen molar-refractivity contribution in [2.45, 2.75) is 11.1 Å². The van der Waals surface area contributed by atoms with Gasteiger partial charge in [-0.1, -0.05) is 28.9 Å². The number of nitrogens with zero attached hydrogens (tertiary/aromatic N) is 3. The molecule has 14 heteroatoms. The molecule has 2 aromatic carbocycles. The highest BCUT2D eigenvalue weighted by molar-refractivity contribution is 7.90. The van der Waals surface area contributed by atoms with Crippen LogP contribution in [0.2, 0.25) is 5.02 Å². The molecule has 0 fully saturated rings. The molecule has 0 atom stereocenters. The highest BCUT2D eigenvalue weighted by Gasteiger charge is 2.43. The van der Waals surface area contributed by atoms with E-state index in [9.17, 15) is 35.2 Å². The number of sulfonamides is 1. The molecule has 158 valence electrons. The molecule has 0 radical (unpaired) electrons. The maximum atomic E-state index is 13.7. The number of carbonyl (C=O) groups excluding carboxylic acids is 1. The molecule has 0 saturated heterocycles. The molecular weight excluding hydrogens is 459 g/mol. The Labute approximate surface area is 170 Å². The van der Waals surface area contributed by atoms with Crippen LogP contribution in [0.15, 0.2) is 47.4 Å². The second-order valence-corrected chi connectivity index (χ2v) is 7.72. The Hall–Kier alpha value is -3.06. The van der Waals surface area contributed by atoms with E-state index in [1.54, 1.807) is 0 Å². The lowest BCUT2D eigenvalue weighted by atomic mass is 10.2. The fourth-order valence-corrected chi connectivity index (χ4v) is 3.68. The summed E-state index contributed by atoms with van der Waals surface area (Å²) < 4.78 is 93.6. The summed E-state index contributed by atoms with van der Waals surface area (Å²) >= 11 is 5.74. The van der Waals surface area contributed by atoms with Crippen molar-refractivity contribution in [1.82, 2.24) is 19.7 Å². The van der Waals surface area contributed by atoms with Crippen LogP contribution < -0.4 is 4.72 Å². The minimum absolute atomic E-state index is 0.117. The van der Waals surface area contributed by atoms with Gasteiger partial charge in [0.15, 0.2) is 11.4 Å². The summed E-state index contributed by atoms with van der Waals surface area (Å²) in [6.45, 7) is 0. The lowest BCUT2D eigenvalue weighted by Crippen LogP contribution is -2.33. The third kappa shape index (κ3) is 4.11. The number of amides is 1. The van der Waals surface area contributed by atoms with Gasteiger partial charge in [-0.15, -0.1) is 5.10 Å². The summed E-state index contributed by atoms with van der Waals surface area (Å²) in [7, 11) is -4.86. The molecule has 30 heavy (non-hydrogen) atoms. The number of nitrogens with one attached hydrogen (secondary N) is 1. The Morgan fingerprint density at radius 2 is 1.77 bits per heavy atom. The van der Waals surface area contributed by atoms with Crippen molar-refractivity contribution in [2.75, 3.05) is 0 Å². The molecule has 1 amide bonds. The number of carbonyl (C=O) groups is 1. The van der Waals surface area contributed by atoms with Gasteiger partial charge >= 0.3 is 6.18 Å². The Morgan fingerprint density at radius 3 is 2.37 bits per heavy atom. The number of benzene rings is 2. The molecular formula is C16H8ClF5N4O3S. The molecule has 1 aromatic heterocycles. The van der Waals surface area contributed by atoms with Crippen LogP contribution in [0.1, 0.15) is 16.2 Å². The third-order valence-electron chi connectivity index (χ3n) is 3.65. The van der Waals surface area contributed by atoms with E-state index in [0.29, 0.717) is 6.07 Å². The molecule has 0 aliphatic rings. The van der Waals surface area contributed by atoms with Crippen LogP contribution in [0.3, 0.4) is 0 Å². The van der Waals surface area contributed by atoms with Gasteiger partial charge in [0.2, 0.25) is 0 Å². The fraction of sp³-hybridized carbons (Fsp3) is 0.0625. The van der Waals surface area contributed by atoms with Crippen LogP contribution in [0.5, 0.6) is 0 Å². The zero-order valence-corrected chi connectivity index (χ0v) is 15.9. The van der Waals surface area contributed by atoms with Crippen LogP contribution in [0.4, 0.5) is 22.0 Å². The van der Waals surface area contributed by atoms with Crippen LogP contribution in [0.25, 0.3) is 5.69 Å². The van der Waals surface area contributed by atoms with Crippen LogP contribution >= 0.6 is 11.6 Å². The van der Waals surface area contributed by atoms with Gasteiger partial charge in [0.05, 0.1) is 10.7 Å². The minimum Gasteiger partial charge on any atom is -0.266 e. The zero-order valence-electron chi connectivity index (χ0n) is 14.3. The van der Waals surface area contributed by atoms with Gasteiger partial charge in [0, 0.05) is 0 Å². The Morgan fingerprint density at radius 1 is 1.10 bits per heavy atom. The second-order valence-electron chi connectivity index (χ2n) is 5.66. The summed E-state index contributed by atoms with van der Waals surface area (Å²) in [5.41, 5.74) is -3.64. The summed E-state index contributed by atoms with van der Waals surface area (Å²) in [4.78, 5) is 11.3. The van der Waals surface area contributed by atoms with Crippen molar-refractivity contribution < 1.29 is 35.2 Å². The number of hydrogen-bond donors (Lipinski definition) is 1. The number of rotatable bonds is 4. The van der Waals surface area contributed by atoms with Crippen LogP contribution in [0, 0.1) is 11.6 Å². The van der Waals surface area contributed by atoms with E-state index in [0.717, 1.165) is 30.3 Å². The molecule has 0 aliphatic carbocycles. The highest BCUT2D eigenvalue weighted by Crippen LogP contribution is 2.34. The van der Waals surface area contributed by atoms with E-state index >= 15 is 0 Å². The molecule has 0 spiro atoms. The van der Waals surface area contributed by atoms with Crippen molar-refractivity contribution in [1.29, 1.82) is 0 Å². The third-order valence-corrected chi connectivity index (χ3v) is 5.31. The van der Waals surface area contributed by atoms with Crippen LogP contribution in [-0.2, 0) is 16.2 Å². The summed E-state index contributed by atoms with van der Waals surface area (Å²) in [6.07, 6.45) is -5.24. The van der Waals surface area contributed by atoms with Crippen LogP contribution in [-0.4, -0.2) is 29.3 Å². The summed E-state index contributed by atoms with van der Waals surface area (Å²) in [5.74, 6) is -3.88. The first kappa shape index (κ1) is 21.6. The monoisotopic (exact) mass is 466 g/mol. The van der Waals surface area contributed by atoms with Crippen molar-refractivity contribution >= 4 is 27.5 Å². The van der Waals surface area contributed by atoms with E-state index in [2.05, 4.69) is 10.3 Å². The van der Waals surface area contributed by atoms with E-state index in [4.69, 9.17) is 11.6 Å². The van der Waals surface area contributed by atoms with Gasteiger partial charge in [-0.2, -0.15) is 13.2 Å². The van der Waals surface area contributed by atoms with Gasteiger partial charge in [-0.05, 0) is 30.3 Å². The van der Waals surface area contributed by atoms with Gasteiger partial charge in [-0.25, -0.2) is 26.6 Å². The van der Waals surface area contributed by atoms with Crippen molar-refractivity contribution in [3.63, 3.8) is 0 Å². The Kier molecular flexibility index (Phi) is 5.52. The quantitative estimate of drug-likeness (QED) is 0.595. The average molecular weight is 467 g/mol. The second kappa shape index (κ2) is 7.65. The van der Waals surface area contributed by atoms with Gasteiger partial charge in [0.25, 0.3) is 15.9 Å². The summed E-state index contributed by atoms with van der Waals surface area (Å²) in [6, 6.07) is 6.29. The zero-order chi connectivity index (χ0) is 22.3. The predicted molar refractivity (Wildman–Crippen MR) is 92.4 cm³/mol. The van der Waals surface area contributed by atoms with Crippen molar-refractivity contribution in [3.8, 4) is 5.69 Å². The molecule has 0 aliphatic heterocycles. The van der Waals surface area contributed by atoms with E-state index in [1.807, 2.05) is 0 Å². The molecule has 0 saturated carbocycles. The summed E-state index contributed by atoms with van der Waals surface area (Å²) in [5, 5.41) is 5.81. The van der Waals surface area contributed by atoms with Gasteiger partial charge in [-0.3, -0.25) is 4.79 Å². The molecule has 1 N–H and O–H groups in total. The lowest BCUT2D eigenvalue weighted by Gasteiger charge is -2.12. The molecule has 7 nitrogen and oxygen atoms in total. The SMILES string of the molecule is O=C(NS(=O)(=O)c1ccccc1F)c1nnn(-c2ccc(F)cc2Cl)c1C(F)(F)F. The number of hydrogen-bond acceptors (Lipinski definition) is 5. The minimum atomic E-state index is -5.24. The van der Waals surface area contributed by atoms with E-state index in [1.165, 1.54) is 10.8 Å². The molecule has 3 rings (SSSR count). The maximum Gasteiger partial charge on any atom is 0.435 e. The number of halogens is 6. The van der Waals surface area contributed by atoms with E-state index < -0.39 is 60.7 Å². The first-order valence-electron chi connectivity index (χ1n) is 7.72. The molecule has 0 unspecified atom stereocenters. The molecule has 0 bridgehead atoms. The lowest BCUT2D eigenvalue weighted by molar-refractivity contribution is -0.143. The largest absolute Gasteiger partial charge is 0.435 e. The standard InChI is InChI=1S/C16H8ClF5N4O3S/c17-9-7-8(18)5-6-11(9)26-14(16(20,21)22)13(23-25-26)15(27)24-30(28,29)12-4-2-1-3-10(12)19/h1-7H,(H,24,27). The highest BCUT2D eigenvalue weighted by atomic mass is 35.5. The number of alkyl halides is 3. The molecule has 3 aromatic rings. The van der Waals surface area contributed by atoms with Crippen molar-refractivity contribution in [3.05, 3.63) is 70.5 Å². The number of aromatic nitrogens is 3. The topological polar surface area (TPSA) is 93.9 Å². The Balaban J connectivity index is 2.07. The smallest absolute Gasteiger partial charge is 0.266 e. The first-order chi connectivity index (χ1) is 13.9. The predicted octanol–water partition coefficient (Wildman–Crippen LogP) is 3.34. The Bertz CT molecular complexity index is 1240. The first-order valence-corrected chi connectivity index (χ1v) is 9.58. The average Bonchev–Trinajstić information content (AvgIpc) is 3.07. The fourth-order valence-electron chi connectivity index (χ4n) is 2.40.